The summed E-state index contributed by atoms with van der Waals surface area (Å²) < 4.78 is 0. The molecule has 2 rings (SSSR count). The SMILES string of the molecule is CC(=O)c1ccc(-c2ccc(S)c(N)c2)c(C(C)=O)c1. The number of hydrogen-bond acceptors (Lipinski definition) is 4. The van der Waals surface area contributed by atoms with Crippen LogP contribution in [0.1, 0.15) is 34.6 Å². The van der Waals surface area contributed by atoms with Crippen LogP contribution in [0, 0.1) is 0 Å². The number of benzene rings is 2. The summed E-state index contributed by atoms with van der Waals surface area (Å²) in [4.78, 5) is 23.9. The summed E-state index contributed by atoms with van der Waals surface area (Å²) in [7, 11) is 0. The fourth-order valence-electron chi connectivity index (χ4n) is 2.03. The summed E-state index contributed by atoms with van der Waals surface area (Å²) in [5.41, 5.74) is 9.04. The molecular formula is C16H15NO2S. The highest BCUT2D eigenvalue weighted by Crippen LogP contribution is 2.29. The molecule has 0 saturated carbocycles. The average Bonchev–Trinajstić information content (AvgIpc) is 2.41. The molecule has 0 atom stereocenters. The van der Waals surface area contributed by atoms with E-state index in [9.17, 15) is 9.59 Å². The van der Waals surface area contributed by atoms with E-state index >= 15 is 0 Å². The van der Waals surface area contributed by atoms with Gasteiger partial charge in [0.05, 0.1) is 0 Å². The van der Waals surface area contributed by atoms with Crippen LogP contribution in [-0.2, 0) is 0 Å². The molecule has 0 amide bonds. The van der Waals surface area contributed by atoms with Crippen LogP contribution in [0.4, 0.5) is 5.69 Å². The van der Waals surface area contributed by atoms with Gasteiger partial charge in [-0.3, -0.25) is 9.59 Å². The lowest BCUT2D eigenvalue weighted by molar-refractivity contribution is 0.101. The fraction of sp³-hybridized carbons (Fsp3) is 0.125. The van der Waals surface area contributed by atoms with E-state index in [-0.39, 0.29) is 11.6 Å². The quantitative estimate of drug-likeness (QED) is 0.514. The van der Waals surface area contributed by atoms with Crippen molar-refractivity contribution >= 4 is 29.9 Å². The van der Waals surface area contributed by atoms with Crippen molar-refractivity contribution in [2.24, 2.45) is 0 Å². The molecule has 0 unspecified atom stereocenters. The third kappa shape index (κ3) is 2.75. The minimum atomic E-state index is -0.0865. The van der Waals surface area contributed by atoms with Crippen LogP contribution in [0.25, 0.3) is 11.1 Å². The zero-order valence-electron chi connectivity index (χ0n) is 11.3. The molecule has 0 bridgehead atoms. The van der Waals surface area contributed by atoms with Gasteiger partial charge in [-0.2, -0.15) is 0 Å². The van der Waals surface area contributed by atoms with Crippen molar-refractivity contribution in [3.05, 3.63) is 47.5 Å². The van der Waals surface area contributed by atoms with Crippen molar-refractivity contribution in [3.8, 4) is 11.1 Å². The molecule has 0 spiro atoms. The third-order valence-corrected chi connectivity index (χ3v) is 3.55. The van der Waals surface area contributed by atoms with Gasteiger partial charge < -0.3 is 5.73 Å². The summed E-state index contributed by atoms with van der Waals surface area (Å²) in [6, 6.07) is 10.5. The Kier molecular flexibility index (Phi) is 3.95. The van der Waals surface area contributed by atoms with Gasteiger partial charge in [0.25, 0.3) is 0 Å². The molecule has 0 aliphatic rings. The molecule has 2 N–H and O–H groups in total. The number of anilines is 1. The van der Waals surface area contributed by atoms with Gasteiger partial charge in [0.2, 0.25) is 0 Å². The molecule has 0 aromatic heterocycles. The van der Waals surface area contributed by atoms with E-state index in [0.29, 0.717) is 21.7 Å². The van der Waals surface area contributed by atoms with Crippen LogP contribution in [0.5, 0.6) is 0 Å². The number of nitrogen functional groups attached to an aromatic ring is 1. The van der Waals surface area contributed by atoms with Gasteiger partial charge in [-0.05, 0) is 43.2 Å². The van der Waals surface area contributed by atoms with Gasteiger partial charge in [-0.15, -0.1) is 12.6 Å². The summed E-state index contributed by atoms with van der Waals surface area (Å²) in [5, 5.41) is 0. The molecule has 3 nitrogen and oxygen atoms in total. The highest BCUT2D eigenvalue weighted by Gasteiger charge is 2.12. The van der Waals surface area contributed by atoms with Crippen molar-refractivity contribution in [1.29, 1.82) is 0 Å². The average molecular weight is 285 g/mol. The molecule has 0 heterocycles. The van der Waals surface area contributed by atoms with Gasteiger partial charge in [0.15, 0.2) is 11.6 Å². The Bertz CT molecular complexity index is 708. The Morgan fingerprint density at radius 2 is 1.70 bits per heavy atom. The van der Waals surface area contributed by atoms with E-state index in [0.717, 1.165) is 11.1 Å². The molecule has 2 aromatic rings. The fourth-order valence-corrected chi connectivity index (χ4v) is 2.17. The molecule has 20 heavy (non-hydrogen) atoms. The molecule has 102 valence electrons. The zero-order chi connectivity index (χ0) is 14.9. The molecule has 0 fully saturated rings. The molecule has 4 heteroatoms. The second kappa shape index (κ2) is 5.51. The normalized spacial score (nSPS) is 10.3. The van der Waals surface area contributed by atoms with Crippen LogP contribution >= 0.6 is 12.6 Å². The maximum absolute atomic E-state index is 11.8. The minimum absolute atomic E-state index is 0.0655. The number of carbonyl (C=O) groups excluding carboxylic acids is 2. The zero-order valence-corrected chi connectivity index (χ0v) is 12.2. The second-order valence-electron chi connectivity index (χ2n) is 4.65. The van der Waals surface area contributed by atoms with Crippen LogP contribution in [0.3, 0.4) is 0 Å². The molecule has 2 aromatic carbocycles. The molecule has 0 radical (unpaired) electrons. The topological polar surface area (TPSA) is 60.2 Å². The predicted octanol–water partition coefficient (Wildman–Crippen LogP) is 3.63. The summed E-state index contributed by atoms with van der Waals surface area (Å²) in [6.45, 7) is 2.96. The van der Waals surface area contributed by atoms with E-state index in [1.807, 2.05) is 6.07 Å². The standard InChI is InChI=1S/C16H15NO2S/c1-9(18)11-3-5-13(14(7-11)10(2)19)12-4-6-16(20)15(17)8-12/h3-8,20H,17H2,1-2H3. The van der Waals surface area contributed by atoms with Gasteiger partial charge in [0.1, 0.15) is 0 Å². The highest BCUT2D eigenvalue weighted by atomic mass is 32.1. The maximum Gasteiger partial charge on any atom is 0.160 e. The van der Waals surface area contributed by atoms with Crippen LogP contribution in [0.15, 0.2) is 41.3 Å². The third-order valence-electron chi connectivity index (χ3n) is 3.14. The number of hydrogen-bond donors (Lipinski definition) is 2. The lowest BCUT2D eigenvalue weighted by Crippen LogP contribution is -2.01. The second-order valence-corrected chi connectivity index (χ2v) is 5.13. The summed E-state index contributed by atoms with van der Waals surface area (Å²) in [6.07, 6.45) is 0. The predicted molar refractivity (Wildman–Crippen MR) is 83.6 cm³/mol. The monoisotopic (exact) mass is 285 g/mol. The van der Waals surface area contributed by atoms with Crippen molar-refractivity contribution in [3.63, 3.8) is 0 Å². The maximum atomic E-state index is 11.8. The molecule has 0 saturated heterocycles. The van der Waals surface area contributed by atoms with E-state index in [2.05, 4.69) is 12.6 Å². The Morgan fingerprint density at radius 1 is 1.00 bits per heavy atom. The highest BCUT2D eigenvalue weighted by molar-refractivity contribution is 7.80. The Balaban J connectivity index is 2.63. The first-order valence-corrected chi connectivity index (χ1v) is 6.59. The smallest absolute Gasteiger partial charge is 0.160 e. The summed E-state index contributed by atoms with van der Waals surface area (Å²) in [5.74, 6) is -0.152. The lowest BCUT2D eigenvalue weighted by atomic mass is 9.94. The number of rotatable bonds is 3. The van der Waals surface area contributed by atoms with E-state index in [1.165, 1.54) is 13.8 Å². The van der Waals surface area contributed by atoms with Crippen molar-refractivity contribution < 1.29 is 9.59 Å². The van der Waals surface area contributed by atoms with Crippen molar-refractivity contribution in [1.82, 2.24) is 0 Å². The Labute approximate surface area is 123 Å². The number of ketones is 2. The van der Waals surface area contributed by atoms with Gasteiger partial charge in [-0.25, -0.2) is 0 Å². The van der Waals surface area contributed by atoms with Gasteiger partial charge in [-0.1, -0.05) is 18.2 Å². The van der Waals surface area contributed by atoms with Crippen molar-refractivity contribution in [2.45, 2.75) is 18.7 Å². The van der Waals surface area contributed by atoms with Gasteiger partial charge in [0, 0.05) is 21.7 Å². The number of Topliss-reactive ketones (excluding diaryl/α,β-unsaturated/α-hetero) is 2. The Hall–Kier alpha value is -2.07. The van der Waals surface area contributed by atoms with Gasteiger partial charge >= 0.3 is 0 Å². The van der Waals surface area contributed by atoms with Crippen LogP contribution in [-0.4, -0.2) is 11.6 Å². The van der Waals surface area contributed by atoms with Crippen LogP contribution < -0.4 is 5.73 Å². The first kappa shape index (κ1) is 14.3. The summed E-state index contributed by atoms with van der Waals surface area (Å²) >= 11 is 4.23. The van der Waals surface area contributed by atoms with Crippen LogP contribution in [0.2, 0.25) is 0 Å². The largest absolute Gasteiger partial charge is 0.398 e. The minimum Gasteiger partial charge on any atom is -0.398 e. The molecule has 0 aliphatic carbocycles. The van der Waals surface area contributed by atoms with E-state index in [4.69, 9.17) is 5.73 Å². The first-order valence-electron chi connectivity index (χ1n) is 6.15. The first-order chi connectivity index (χ1) is 9.40. The molecule has 0 aliphatic heterocycles. The van der Waals surface area contributed by atoms with E-state index < -0.39 is 0 Å². The number of nitrogens with two attached hydrogens (primary N) is 1. The van der Waals surface area contributed by atoms with E-state index in [1.54, 1.807) is 30.3 Å². The molecular weight excluding hydrogens is 270 g/mol. The lowest BCUT2D eigenvalue weighted by Gasteiger charge is -2.10. The number of carbonyl (C=O) groups is 2. The van der Waals surface area contributed by atoms with Crippen molar-refractivity contribution in [2.75, 3.05) is 5.73 Å². The Morgan fingerprint density at radius 3 is 2.25 bits per heavy atom. The number of thiol groups is 1.